The third kappa shape index (κ3) is 7.14. The summed E-state index contributed by atoms with van der Waals surface area (Å²) in [5.41, 5.74) is 2.70. The largest absolute Gasteiger partial charge is 0.471 e. The van der Waals surface area contributed by atoms with Gasteiger partial charge in [-0.2, -0.15) is 13.2 Å². The van der Waals surface area contributed by atoms with E-state index in [0.717, 1.165) is 5.52 Å². The first-order chi connectivity index (χ1) is 21.6. The average molecular weight is 626 g/mol. The monoisotopic (exact) mass is 625 g/mol. The van der Waals surface area contributed by atoms with Crippen molar-refractivity contribution in [1.29, 1.82) is 0 Å². The standard InChI is InChI=1S/C32H31F4N5O4/c1-45-16-15-41-19-24(28-26(3-2-4-27(28)41)39-29(42)22-7-11-37-12-8-22)30(43)40-13-9-21(10-14-40)23-17-20(5-6-25(23)33)18-38-31(44)32(34,35)36/h2-8,11-12,17,19,21H,9-10,13-16,18H2,1H3,(H,38,44)(H,39,42). The fraction of sp³-hybridized carbons (Fsp3) is 0.312. The van der Waals surface area contributed by atoms with Crippen LogP contribution in [0.3, 0.4) is 0 Å². The number of halogens is 4. The van der Waals surface area contributed by atoms with Crippen LogP contribution in [0.4, 0.5) is 23.2 Å². The maximum Gasteiger partial charge on any atom is 0.471 e. The molecular formula is C32H31F4N5O4. The molecular weight excluding hydrogens is 594 g/mol. The fourth-order valence-electron chi connectivity index (χ4n) is 5.55. The molecule has 236 valence electrons. The van der Waals surface area contributed by atoms with Gasteiger partial charge in [0.1, 0.15) is 5.82 Å². The number of ether oxygens (including phenoxy) is 1. The zero-order chi connectivity index (χ0) is 32.1. The van der Waals surface area contributed by atoms with Crippen LogP contribution in [0.2, 0.25) is 0 Å². The van der Waals surface area contributed by atoms with Crippen LogP contribution < -0.4 is 10.6 Å². The van der Waals surface area contributed by atoms with Crippen molar-refractivity contribution in [3.8, 4) is 0 Å². The lowest BCUT2D eigenvalue weighted by Gasteiger charge is -2.32. The lowest BCUT2D eigenvalue weighted by Crippen LogP contribution is -2.38. The van der Waals surface area contributed by atoms with Crippen molar-refractivity contribution in [3.05, 3.63) is 95.2 Å². The lowest BCUT2D eigenvalue weighted by molar-refractivity contribution is -0.173. The van der Waals surface area contributed by atoms with Crippen molar-refractivity contribution in [2.24, 2.45) is 0 Å². The summed E-state index contributed by atoms with van der Waals surface area (Å²) in [5.74, 6) is -3.43. The Labute approximate surface area is 256 Å². The number of aromatic nitrogens is 2. The third-order valence-electron chi connectivity index (χ3n) is 7.86. The zero-order valence-corrected chi connectivity index (χ0v) is 24.4. The number of methoxy groups -OCH3 is 1. The van der Waals surface area contributed by atoms with Crippen molar-refractivity contribution >= 4 is 34.3 Å². The predicted molar refractivity (Wildman–Crippen MR) is 158 cm³/mol. The van der Waals surface area contributed by atoms with E-state index in [-0.39, 0.29) is 17.7 Å². The number of hydrogen-bond donors (Lipinski definition) is 2. The minimum atomic E-state index is -5.01. The molecule has 4 aromatic rings. The number of piperidine rings is 1. The van der Waals surface area contributed by atoms with Crippen LogP contribution in [-0.4, -0.2) is 65.2 Å². The number of nitrogens with zero attached hydrogens (tertiary/aromatic N) is 3. The minimum absolute atomic E-state index is 0.246. The molecule has 0 saturated carbocycles. The molecule has 0 aliphatic carbocycles. The summed E-state index contributed by atoms with van der Waals surface area (Å²) < 4.78 is 59.7. The second-order valence-electron chi connectivity index (χ2n) is 10.7. The van der Waals surface area contributed by atoms with Gasteiger partial charge in [-0.15, -0.1) is 0 Å². The molecule has 0 bridgehead atoms. The first kappa shape index (κ1) is 31.6. The number of anilines is 1. The summed E-state index contributed by atoms with van der Waals surface area (Å²) in [4.78, 5) is 43.8. The van der Waals surface area contributed by atoms with Gasteiger partial charge in [-0.05, 0) is 60.2 Å². The maximum absolute atomic E-state index is 14.8. The van der Waals surface area contributed by atoms with Crippen LogP contribution in [0, 0.1) is 5.82 Å². The molecule has 0 spiro atoms. The average Bonchev–Trinajstić information content (AvgIpc) is 3.42. The number of pyridine rings is 1. The summed E-state index contributed by atoms with van der Waals surface area (Å²) in [5, 5.41) is 5.31. The number of rotatable bonds is 9. The highest BCUT2D eigenvalue weighted by Crippen LogP contribution is 2.34. The van der Waals surface area contributed by atoms with Crippen molar-refractivity contribution in [2.45, 2.75) is 38.0 Å². The maximum atomic E-state index is 14.8. The van der Waals surface area contributed by atoms with Gasteiger partial charge in [-0.3, -0.25) is 19.4 Å². The number of carbonyl (C=O) groups excluding carboxylic acids is 3. The molecule has 1 aliphatic heterocycles. The van der Waals surface area contributed by atoms with Crippen molar-refractivity contribution in [1.82, 2.24) is 19.8 Å². The SMILES string of the molecule is COCCn1cc(C(=O)N2CCC(c3cc(CNC(=O)C(F)(F)F)ccc3F)CC2)c2c(NC(=O)c3ccncc3)cccc21. The van der Waals surface area contributed by atoms with Gasteiger partial charge < -0.3 is 24.8 Å². The molecule has 2 aromatic heterocycles. The fourth-order valence-corrected chi connectivity index (χ4v) is 5.55. The van der Waals surface area contributed by atoms with E-state index in [2.05, 4.69) is 10.3 Å². The van der Waals surface area contributed by atoms with Crippen LogP contribution in [0.1, 0.15) is 50.6 Å². The molecule has 0 atom stereocenters. The van der Waals surface area contributed by atoms with E-state index in [1.165, 1.54) is 30.6 Å². The number of carbonyl (C=O) groups is 3. The predicted octanol–water partition coefficient (Wildman–Crippen LogP) is 5.27. The Morgan fingerprint density at radius 3 is 2.47 bits per heavy atom. The summed E-state index contributed by atoms with van der Waals surface area (Å²) >= 11 is 0. The molecule has 13 heteroatoms. The van der Waals surface area contributed by atoms with E-state index in [0.29, 0.717) is 72.4 Å². The van der Waals surface area contributed by atoms with E-state index in [9.17, 15) is 31.9 Å². The van der Waals surface area contributed by atoms with Crippen molar-refractivity contribution < 1.29 is 36.7 Å². The molecule has 3 heterocycles. The normalized spacial score (nSPS) is 14.0. The molecule has 9 nitrogen and oxygen atoms in total. The topological polar surface area (TPSA) is 106 Å². The number of benzene rings is 2. The van der Waals surface area contributed by atoms with Gasteiger partial charge in [0.25, 0.3) is 11.8 Å². The molecule has 0 radical (unpaired) electrons. The molecule has 5 rings (SSSR count). The van der Waals surface area contributed by atoms with E-state index < -0.39 is 24.4 Å². The number of hydrogen-bond acceptors (Lipinski definition) is 5. The summed E-state index contributed by atoms with van der Waals surface area (Å²) in [6.45, 7) is 1.11. The minimum Gasteiger partial charge on any atom is -0.383 e. The summed E-state index contributed by atoms with van der Waals surface area (Å²) in [6.07, 6.45) is 0.624. The molecule has 0 unspecified atom stereocenters. The van der Waals surface area contributed by atoms with Gasteiger partial charge >= 0.3 is 12.1 Å². The van der Waals surface area contributed by atoms with Crippen LogP contribution >= 0.6 is 0 Å². The molecule has 2 aromatic carbocycles. The van der Waals surface area contributed by atoms with Crippen molar-refractivity contribution in [2.75, 3.05) is 32.1 Å². The van der Waals surface area contributed by atoms with Gasteiger partial charge in [0, 0.05) is 62.8 Å². The number of fused-ring (bicyclic) bond motifs is 1. The smallest absolute Gasteiger partial charge is 0.383 e. The van der Waals surface area contributed by atoms with Gasteiger partial charge in [0.15, 0.2) is 0 Å². The summed E-state index contributed by atoms with van der Waals surface area (Å²) in [6, 6.07) is 12.6. The van der Waals surface area contributed by atoms with Gasteiger partial charge in [0.05, 0.1) is 23.4 Å². The highest BCUT2D eigenvalue weighted by atomic mass is 19.4. The zero-order valence-electron chi connectivity index (χ0n) is 24.4. The Balaban J connectivity index is 1.35. The molecule has 1 fully saturated rings. The number of alkyl halides is 3. The molecule has 3 amide bonds. The van der Waals surface area contributed by atoms with Gasteiger partial charge in [-0.1, -0.05) is 18.2 Å². The number of amides is 3. The first-order valence-electron chi connectivity index (χ1n) is 14.3. The Hall–Kier alpha value is -4.78. The Morgan fingerprint density at radius 1 is 1.04 bits per heavy atom. The van der Waals surface area contributed by atoms with Crippen LogP contribution in [0.5, 0.6) is 0 Å². The molecule has 45 heavy (non-hydrogen) atoms. The second kappa shape index (κ2) is 13.5. The van der Waals surface area contributed by atoms with E-state index in [4.69, 9.17) is 4.74 Å². The Morgan fingerprint density at radius 2 is 1.78 bits per heavy atom. The van der Waals surface area contributed by atoms with Crippen LogP contribution in [0.25, 0.3) is 10.9 Å². The Kier molecular flexibility index (Phi) is 9.47. The second-order valence-corrected chi connectivity index (χ2v) is 10.7. The number of likely N-dealkylation sites (tertiary alicyclic amines) is 1. The molecule has 2 N–H and O–H groups in total. The van der Waals surface area contributed by atoms with Crippen LogP contribution in [-0.2, 0) is 22.6 Å². The first-order valence-corrected chi connectivity index (χ1v) is 14.3. The quantitative estimate of drug-likeness (QED) is 0.247. The van der Waals surface area contributed by atoms with E-state index in [1.807, 2.05) is 10.6 Å². The van der Waals surface area contributed by atoms with Crippen LogP contribution in [0.15, 0.2) is 67.1 Å². The van der Waals surface area contributed by atoms with E-state index >= 15 is 0 Å². The van der Waals surface area contributed by atoms with E-state index in [1.54, 1.807) is 47.8 Å². The third-order valence-corrected chi connectivity index (χ3v) is 7.86. The van der Waals surface area contributed by atoms with Gasteiger partial charge in [-0.25, -0.2) is 4.39 Å². The summed E-state index contributed by atoms with van der Waals surface area (Å²) in [7, 11) is 1.58. The Bertz CT molecular complexity index is 1700. The molecule has 1 aliphatic rings. The highest BCUT2D eigenvalue weighted by molar-refractivity contribution is 6.15. The lowest BCUT2D eigenvalue weighted by atomic mass is 9.88. The molecule has 1 saturated heterocycles. The highest BCUT2D eigenvalue weighted by Gasteiger charge is 2.38. The van der Waals surface area contributed by atoms with Crippen molar-refractivity contribution in [3.63, 3.8) is 0 Å². The number of nitrogens with one attached hydrogen (secondary N) is 2. The van der Waals surface area contributed by atoms with Gasteiger partial charge in [0.2, 0.25) is 0 Å².